The van der Waals surface area contributed by atoms with Crippen LogP contribution in [0.2, 0.25) is 9.36 Å². The normalized spacial score (nSPS) is 16.9. The van der Waals surface area contributed by atoms with Gasteiger partial charge in [-0.2, -0.15) is 0 Å². The Labute approximate surface area is 125 Å². The van der Waals surface area contributed by atoms with Gasteiger partial charge in [-0.3, -0.25) is 0 Å². The van der Waals surface area contributed by atoms with Crippen LogP contribution in [-0.2, 0) is 16.2 Å². The standard InChI is InChI=1S/2C8H10.2CH3.Hf.H2Si/c2*1-2-5-8-6-3-4-7-8;;;;/h2*1,3-4,6H,2,5,7H2;2*1H3;;1H2. The van der Waals surface area contributed by atoms with E-state index in [9.17, 15) is 0 Å². The summed E-state index contributed by atoms with van der Waals surface area (Å²) in [5.74, 6) is 0. The average Bonchev–Trinajstić information content (AvgIpc) is 3.00. The summed E-state index contributed by atoms with van der Waals surface area (Å²) < 4.78 is 10.6. The van der Waals surface area contributed by atoms with Gasteiger partial charge in [0, 0.05) is 0 Å². The van der Waals surface area contributed by atoms with Crippen LogP contribution in [0.3, 0.4) is 0 Å². The Kier molecular flexibility index (Phi) is 5.41. The molecule has 2 aliphatic carbocycles. The van der Waals surface area contributed by atoms with Gasteiger partial charge in [-0.05, 0) is 0 Å². The molecular formula is C18H28HfSi. The average molecular weight is 451 g/mol. The molecule has 0 bridgehead atoms. The molecule has 0 atom stereocenters. The Balaban J connectivity index is 1.91. The molecule has 0 radical (unpaired) electrons. The first kappa shape index (κ1) is 16.2. The molecule has 0 aliphatic heterocycles. The van der Waals surface area contributed by atoms with E-state index in [1.54, 1.807) is 11.1 Å². The first-order chi connectivity index (χ1) is 9.42. The quantitative estimate of drug-likeness (QED) is 0.530. The second-order valence-electron chi connectivity index (χ2n) is 7.34. The van der Waals surface area contributed by atoms with Crippen molar-refractivity contribution < 1.29 is 16.2 Å². The minimum atomic E-state index is -2.65. The van der Waals surface area contributed by atoms with E-state index in [2.05, 4.69) is 60.3 Å². The van der Waals surface area contributed by atoms with E-state index >= 15 is 0 Å². The number of hydrogen-bond acceptors (Lipinski definition) is 0. The molecule has 0 saturated heterocycles. The zero-order valence-electron chi connectivity index (χ0n) is 13.1. The van der Waals surface area contributed by atoms with Gasteiger partial charge in [0.1, 0.15) is 0 Å². The van der Waals surface area contributed by atoms with Crippen molar-refractivity contribution in [3.63, 3.8) is 0 Å². The van der Waals surface area contributed by atoms with Gasteiger partial charge in [0.25, 0.3) is 0 Å². The van der Waals surface area contributed by atoms with E-state index < -0.39 is 16.2 Å². The number of hydrogen-bond donors (Lipinski definition) is 0. The second-order valence-corrected chi connectivity index (χ2v) is 49.6. The van der Waals surface area contributed by atoms with Crippen molar-refractivity contribution in [1.82, 2.24) is 0 Å². The second kappa shape index (κ2) is 6.70. The predicted molar refractivity (Wildman–Crippen MR) is 94.5 cm³/mol. The van der Waals surface area contributed by atoms with Crippen LogP contribution in [0.4, 0.5) is 0 Å². The molecule has 2 heteroatoms. The molecule has 108 valence electrons. The summed E-state index contributed by atoms with van der Waals surface area (Å²) >= 11 is -2.65. The fraction of sp³-hybridized carbons (Fsp3) is 0.444. The minimum absolute atomic E-state index is 1.18. The topological polar surface area (TPSA) is 0 Å². The van der Waals surface area contributed by atoms with E-state index in [-0.39, 0.29) is 0 Å². The van der Waals surface area contributed by atoms with Crippen molar-refractivity contribution in [3.05, 3.63) is 47.6 Å². The Hall–Kier alpha value is -0.213. The van der Waals surface area contributed by atoms with Crippen LogP contribution in [0.25, 0.3) is 0 Å². The Morgan fingerprint density at radius 1 is 0.950 bits per heavy atom. The zero-order chi connectivity index (χ0) is 14.5. The summed E-state index contributed by atoms with van der Waals surface area (Å²) in [6, 6.07) is 0. The Bertz CT molecular complexity index is 653. The van der Waals surface area contributed by atoms with Crippen LogP contribution in [0.15, 0.2) is 47.6 Å². The van der Waals surface area contributed by atoms with Gasteiger partial charge in [0.2, 0.25) is 0 Å². The molecule has 0 aromatic rings. The molecule has 0 N–H and O–H groups in total. The van der Waals surface area contributed by atoms with Crippen molar-refractivity contribution in [2.75, 3.05) is 0 Å². The SMILES string of the molecule is [CH3][Hf]([CH3])(=[SiH2])(=[CH]CCC1=CC=CC1)=[CH]CCC1=CC=CC1. The molecule has 0 saturated carbocycles. The molecule has 0 spiro atoms. The van der Waals surface area contributed by atoms with Gasteiger partial charge in [0.15, 0.2) is 0 Å². The van der Waals surface area contributed by atoms with Crippen LogP contribution < -0.4 is 0 Å². The first-order valence-corrected chi connectivity index (χ1v) is 27.6. The van der Waals surface area contributed by atoms with Crippen LogP contribution >= 0.6 is 0 Å². The van der Waals surface area contributed by atoms with Gasteiger partial charge >= 0.3 is 126 Å². The third kappa shape index (κ3) is 5.65. The van der Waals surface area contributed by atoms with Gasteiger partial charge < -0.3 is 0 Å². The number of allylic oxidation sites excluding steroid dienone is 8. The van der Waals surface area contributed by atoms with Crippen molar-refractivity contribution in [2.24, 2.45) is 0 Å². The molecule has 0 aromatic carbocycles. The molecule has 2 rings (SSSR count). The van der Waals surface area contributed by atoms with Crippen LogP contribution in [0, 0.1) is 0 Å². The molecule has 2 aliphatic rings. The zero-order valence-corrected chi connectivity index (χ0v) is 18.1. The van der Waals surface area contributed by atoms with Crippen LogP contribution in [0.1, 0.15) is 38.5 Å². The van der Waals surface area contributed by atoms with Crippen molar-refractivity contribution in [2.45, 2.75) is 47.9 Å². The van der Waals surface area contributed by atoms with Gasteiger partial charge in [-0.25, -0.2) is 0 Å². The summed E-state index contributed by atoms with van der Waals surface area (Å²) in [5.41, 5.74) is 3.22. The van der Waals surface area contributed by atoms with E-state index in [0.717, 1.165) is 0 Å². The molecule has 0 unspecified atom stereocenters. The van der Waals surface area contributed by atoms with Crippen molar-refractivity contribution in [3.8, 4) is 0 Å². The van der Waals surface area contributed by atoms with Crippen LogP contribution in [0.5, 0.6) is 0 Å². The Morgan fingerprint density at radius 2 is 1.40 bits per heavy atom. The van der Waals surface area contributed by atoms with Gasteiger partial charge in [0.05, 0.1) is 0 Å². The predicted octanol–water partition coefficient (Wildman–Crippen LogP) is 4.26. The van der Waals surface area contributed by atoms with Crippen LogP contribution in [-0.4, -0.2) is 14.5 Å². The third-order valence-electron chi connectivity index (χ3n) is 4.26. The maximum atomic E-state index is 2.73. The number of rotatable bonds is 6. The van der Waals surface area contributed by atoms with E-state index in [0.29, 0.717) is 0 Å². The summed E-state index contributed by atoms with van der Waals surface area (Å²) in [6.45, 7) is 2.34. The summed E-state index contributed by atoms with van der Waals surface area (Å²) in [6.07, 6.45) is 21.0. The monoisotopic (exact) mass is 452 g/mol. The van der Waals surface area contributed by atoms with Crippen molar-refractivity contribution >= 4 is 14.5 Å². The molecule has 0 amide bonds. The van der Waals surface area contributed by atoms with E-state index in [1.807, 2.05) is 0 Å². The molecule has 0 fully saturated rings. The molecule has 20 heavy (non-hydrogen) atoms. The summed E-state index contributed by atoms with van der Waals surface area (Å²) in [5, 5.41) is 0. The summed E-state index contributed by atoms with van der Waals surface area (Å²) in [7, 11) is 0. The maximum absolute atomic E-state index is 2.73. The Morgan fingerprint density at radius 3 is 1.75 bits per heavy atom. The third-order valence-corrected chi connectivity index (χ3v) is 20.7. The fourth-order valence-corrected chi connectivity index (χ4v) is 14.7. The van der Waals surface area contributed by atoms with Gasteiger partial charge in [-0.15, -0.1) is 0 Å². The van der Waals surface area contributed by atoms with E-state index in [1.165, 1.54) is 38.5 Å². The van der Waals surface area contributed by atoms with Gasteiger partial charge in [-0.1, -0.05) is 0 Å². The molecule has 0 heterocycles. The molecule has 0 nitrogen and oxygen atoms in total. The van der Waals surface area contributed by atoms with E-state index in [4.69, 9.17) is 0 Å². The summed E-state index contributed by atoms with van der Waals surface area (Å²) in [4.78, 5) is 0. The molecule has 0 aromatic heterocycles. The fourth-order valence-electron chi connectivity index (χ4n) is 2.90. The molecular weight excluding hydrogens is 423 g/mol. The first-order valence-electron chi connectivity index (χ1n) is 7.89. The van der Waals surface area contributed by atoms with Crippen molar-refractivity contribution in [1.29, 1.82) is 0 Å².